The van der Waals surface area contributed by atoms with E-state index in [-0.39, 0.29) is 23.9 Å². The van der Waals surface area contributed by atoms with E-state index in [4.69, 9.17) is 0 Å². The number of amides is 1. The second kappa shape index (κ2) is 7.77. The Hall–Kier alpha value is -3.26. The molecule has 2 N–H and O–H groups in total. The average molecular weight is 393 g/mol. The number of H-pyrrole nitrogens is 1. The fourth-order valence-corrected chi connectivity index (χ4v) is 3.73. The van der Waals surface area contributed by atoms with Crippen LogP contribution < -0.4 is 10.9 Å². The molecule has 0 radical (unpaired) electrons. The van der Waals surface area contributed by atoms with Gasteiger partial charge in [-0.05, 0) is 30.5 Å². The molecule has 3 heterocycles. The van der Waals surface area contributed by atoms with Crippen LogP contribution in [-0.2, 0) is 11.2 Å². The SMILES string of the molecule is CC(NC(=O)CCc1nc2c(cnn2-c2ccccc2)c(=O)[nH]1)c1cccs1. The number of carbonyl (C=O) groups is 1. The summed E-state index contributed by atoms with van der Waals surface area (Å²) in [6.07, 6.45) is 2.09. The maximum absolute atomic E-state index is 12.4. The summed E-state index contributed by atoms with van der Waals surface area (Å²) < 4.78 is 1.63. The zero-order chi connectivity index (χ0) is 19.5. The van der Waals surface area contributed by atoms with Gasteiger partial charge in [-0.25, -0.2) is 9.67 Å². The molecule has 1 unspecified atom stereocenters. The van der Waals surface area contributed by atoms with Crippen molar-refractivity contribution >= 4 is 28.3 Å². The van der Waals surface area contributed by atoms with Gasteiger partial charge in [-0.2, -0.15) is 5.10 Å². The second-order valence-corrected chi connectivity index (χ2v) is 7.43. The smallest absolute Gasteiger partial charge is 0.262 e. The van der Waals surface area contributed by atoms with Crippen LogP contribution >= 0.6 is 11.3 Å². The van der Waals surface area contributed by atoms with Gasteiger partial charge >= 0.3 is 0 Å². The Kier molecular flexibility index (Phi) is 5.03. The molecule has 0 saturated heterocycles. The summed E-state index contributed by atoms with van der Waals surface area (Å²) in [5, 5.41) is 9.66. The summed E-state index contributed by atoms with van der Waals surface area (Å²) in [4.78, 5) is 33.0. The van der Waals surface area contributed by atoms with Crippen LogP contribution in [0.1, 0.15) is 30.1 Å². The predicted molar refractivity (Wildman–Crippen MR) is 109 cm³/mol. The minimum atomic E-state index is -0.255. The zero-order valence-electron chi connectivity index (χ0n) is 15.3. The minimum absolute atomic E-state index is 0.0403. The van der Waals surface area contributed by atoms with Gasteiger partial charge in [0.25, 0.3) is 5.56 Å². The van der Waals surface area contributed by atoms with Crippen LogP contribution in [0.25, 0.3) is 16.7 Å². The number of para-hydroxylation sites is 1. The number of benzene rings is 1. The van der Waals surface area contributed by atoms with Crippen molar-refractivity contribution < 1.29 is 4.79 Å². The molecule has 0 aliphatic carbocycles. The third-order valence-corrected chi connectivity index (χ3v) is 5.48. The molecule has 1 aromatic carbocycles. The molecule has 4 aromatic rings. The second-order valence-electron chi connectivity index (χ2n) is 6.45. The van der Waals surface area contributed by atoms with Crippen LogP contribution in [0.15, 0.2) is 58.8 Å². The zero-order valence-corrected chi connectivity index (χ0v) is 16.1. The van der Waals surface area contributed by atoms with Gasteiger partial charge in [0.15, 0.2) is 5.65 Å². The molecule has 0 saturated carbocycles. The Balaban J connectivity index is 1.51. The maximum atomic E-state index is 12.4. The van der Waals surface area contributed by atoms with E-state index in [1.807, 2.05) is 54.8 Å². The van der Waals surface area contributed by atoms with Gasteiger partial charge in [0, 0.05) is 17.7 Å². The molecule has 8 heteroatoms. The molecule has 7 nitrogen and oxygen atoms in total. The predicted octanol–water partition coefficient (Wildman–Crippen LogP) is 2.98. The van der Waals surface area contributed by atoms with Crippen molar-refractivity contribution in [2.45, 2.75) is 25.8 Å². The number of carbonyl (C=O) groups excluding carboxylic acids is 1. The summed E-state index contributed by atoms with van der Waals surface area (Å²) in [5.74, 6) is 0.384. The lowest BCUT2D eigenvalue weighted by atomic mass is 10.2. The molecule has 1 atom stereocenters. The number of aryl methyl sites for hydroxylation is 1. The highest BCUT2D eigenvalue weighted by Crippen LogP contribution is 2.18. The lowest BCUT2D eigenvalue weighted by molar-refractivity contribution is -0.121. The maximum Gasteiger partial charge on any atom is 0.262 e. The Bertz CT molecular complexity index is 1150. The highest BCUT2D eigenvalue weighted by Gasteiger charge is 2.14. The number of hydrogen-bond donors (Lipinski definition) is 2. The summed E-state index contributed by atoms with van der Waals surface area (Å²) in [6, 6.07) is 13.4. The van der Waals surface area contributed by atoms with E-state index in [1.165, 1.54) is 6.20 Å². The van der Waals surface area contributed by atoms with Gasteiger partial charge in [0.2, 0.25) is 5.91 Å². The van der Waals surface area contributed by atoms with Crippen molar-refractivity contribution in [1.82, 2.24) is 25.1 Å². The monoisotopic (exact) mass is 393 g/mol. The standard InChI is InChI=1S/C20H19N5O2S/c1-13(16-8-5-11-28-16)22-18(26)10-9-17-23-19-15(20(27)24-17)12-21-25(19)14-6-3-2-4-7-14/h2-8,11-13H,9-10H2,1H3,(H,22,26)(H,23,24,27). The van der Waals surface area contributed by atoms with Gasteiger partial charge in [-0.15, -0.1) is 11.3 Å². The molecular formula is C20H19N5O2S. The summed E-state index contributed by atoms with van der Waals surface area (Å²) in [6.45, 7) is 1.95. The van der Waals surface area contributed by atoms with E-state index >= 15 is 0 Å². The van der Waals surface area contributed by atoms with Gasteiger partial charge in [0.1, 0.15) is 11.2 Å². The van der Waals surface area contributed by atoms with Crippen LogP contribution in [-0.4, -0.2) is 25.7 Å². The molecule has 142 valence electrons. The Labute approximate surface area is 165 Å². The minimum Gasteiger partial charge on any atom is -0.349 e. The molecule has 28 heavy (non-hydrogen) atoms. The highest BCUT2D eigenvalue weighted by molar-refractivity contribution is 7.10. The van der Waals surface area contributed by atoms with Gasteiger partial charge in [-0.3, -0.25) is 9.59 Å². The van der Waals surface area contributed by atoms with Gasteiger partial charge in [-0.1, -0.05) is 24.3 Å². The van der Waals surface area contributed by atoms with E-state index in [9.17, 15) is 9.59 Å². The number of rotatable bonds is 6. The van der Waals surface area contributed by atoms with Crippen LogP contribution in [0.5, 0.6) is 0 Å². The fraction of sp³-hybridized carbons (Fsp3) is 0.200. The van der Waals surface area contributed by atoms with Crippen molar-refractivity contribution in [2.75, 3.05) is 0 Å². The molecule has 3 aromatic heterocycles. The number of nitrogens with one attached hydrogen (secondary N) is 2. The first kappa shape index (κ1) is 18.1. The van der Waals surface area contributed by atoms with Crippen molar-refractivity contribution in [3.05, 3.63) is 75.1 Å². The van der Waals surface area contributed by atoms with E-state index in [0.717, 1.165) is 10.6 Å². The third-order valence-electron chi connectivity index (χ3n) is 4.42. The van der Waals surface area contributed by atoms with Gasteiger partial charge < -0.3 is 10.3 Å². The molecule has 1 amide bonds. The van der Waals surface area contributed by atoms with E-state index < -0.39 is 0 Å². The molecule has 4 rings (SSSR count). The summed E-state index contributed by atoms with van der Waals surface area (Å²) >= 11 is 1.61. The van der Waals surface area contributed by atoms with Crippen LogP contribution in [0.2, 0.25) is 0 Å². The third kappa shape index (κ3) is 3.72. The number of aromatic amines is 1. The van der Waals surface area contributed by atoms with E-state index in [2.05, 4.69) is 20.4 Å². The van der Waals surface area contributed by atoms with Crippen molar-refractivity contribution in [1.29, 1.82) is 0 Å². The highest BCUT2D eigenvalue weighted by atomic mass is 32.1. The van der Waals surface area contributed by atoms with Crippen molar-refractivity contribution in [2.24, 2.45) is 0 Å². The largest absolute Gasteiger partial charge is 0.349 e. The Morgan fingerprint density at radius 1 is 1.25 bits per heavy atom. The molecule has 0 spiro atoms. The van der Waals surface area contributed by atoms with E-state index in [0.29, 0.717) is 23.3 Å². The number of fused-ring (bicyclic) bond motifs is 1. The Morgan fingerprint density at radius 3 is 2.82 bits per heavy atom. The van der Waals surface area contributed by atoms with Crippen molar-refractivity contribution in [3.63, 3.8) is 0 Å². The Morgan fingerprint density at radius 2 is 2.07 bits per heavy atom. The molecular weight excluding hydrogens is 374 g/mol. The van der Waals surface area contributed by atoms with Crippen molar-refractivity contribution in [3.8, 4) is 5.69 Å². The van der Waals surface area contributed by atoms with Gasteiger partial charge in [0.05, 0.1) is 17.9 Å². The first-order chi connectivity index (χ1) is 13.6. The lowest BCUT2D eigenvalue weighted by Crippen LogP contribution is -2.26. The molecule has 0 aliphatic heterocycles. The summed E-state index contributed by atoms with van der Waals surface area (Å²) in [7, 11) is 0. The average Bonchev–Trinajstić information content (AvgIpc) is 3.37. The molecule has 0 fully saturated rings. The summed E-state index contributed by atoms with van der Waals surface area (Å²) in [5.41, 5.74) is 1.05. The first-order valence-corrected chi connectivity index (χ1v) is 9.85. The molecule has 0 aliphatic rings. The topological polar surface area (TPSA) is 92.7 Å². The normalized spacial score (nSPS) is 12.2. The number of hydrogen-bond acceptors (Lipinski definition) is 5. The van der Waals surface area contributed by atoms with E-state index in [1.54, 1.807) is 16.0 Å². The quantitative estimate of drug-likeness (QED) is 0.527. The number of thiophene rings is 1. The lowest BCUT2D eigenvalue weighted by Gasteiger charge is -2.12. The first-order valence-electron chi connectivity index (χ1n) is 8.97. The van der Waals surface area contributed by atoms with Crippen LogP contribution in [0.3, 0.4) is 0 Å². The van der Waals surface area contributed by atoms with Crippen LogP contribution in [0.4, 0.5) is 0 Å². The van der Waals surface area contributed by atoms with Crippen LogP contribution in [0, 0.1) is 0 Å². The molecule has 0 bridgehead atoms. The fourth-order valence-electron chi connectivity index (χ4n) is 2.99. The number of aromatic nitrogens is 4. The number of nitrogens with zero attached hydrogens (tertiary/aromatic N) is 3.